The molecule has 0 spiro atoms. The van der Waals surface area contributed by atoms with Crippen molar-refractivity contribution in [3.8, 4) is 0 Å². The first-order valence-electron chi connectivity index (χ1n) is 6.35. The van der Waals surface area contributed by atoms with Crippen LogP contribution < -0.4 is 10.6 Å². The minimum atomic E-state index is 0.267. The Bertz CT molecular complexity index is 379. The van der Waals surface area contributed by atoms with E-state index >= 15 is 0 Å². The number of anilines is 2. The maximum Gasteiger partial charge on any atom is 0.135 e. The highest BCUT2D eigenvalue weighted by Crippen LogP contribution is 2.20. The van der Waals surface area contributed by atoms with Gasteiger partial charge in [-0.15, -0.1) is 0 Å². The number of nitrogens with two attached hydrogens (primary N) is 1. The summed E-state index contributed by atoms with van der Waals surface area (Å²) in [6.07, 6.45) is 0. The molecule has 5 nitrogen and oxygen atoms in total. The van der Waals surface area contributed by atoms with E-state index in [0.717, 1.165) is 18.2 Å². The van der Waals surface area contributed by atoms with Crippen LogP contribution in [0.15, 0.2) is 6.07 Å². The first kappa shape index (κ1) is 14.7. The lowest BCUT2D eigenvalue weighted by Crippen LogP contribution is -2.34. The molecular formula is C13H24N4O. The lowest BCUT2D eigenvalue weighted by atomic mass is 10.2. The highest BCUT2D eigenvalue weighted by Gasteiger charge is 2.15. The standard InChI is InChI=1S/C13H24N4O/c1-9(2)13-15-11(14)8-12(16-13)17(10(3)4)6-7-18-5/h8-10H,6-7H2,1-5H3,(H2,14,15,16). The second-order valence-electron chi connectivity index (χ2n) is 4.94. The molecule has 0 aliphatic heterocycles. The van der Waals surface area contributed by atoms with Gasteiger partial charge in [0.2, 0.25) is 0 Å². The van der Waals surface area contributed by atoms with Gasteiger partial charge in [-0.1, -0.05) is 13.8 Å². The first-order valence-corrected chi connectivity index (χ1v) is 6.35. The summed E-state index contributed by atoms with van der Waals surface area (Å²) < 4.78 is 5.14. The van der Waals surface area contributed by atoms with Crippen LogP contribution in [0.25, 0.3) is 0 Å². The lowest BCUT2D eigenvalue weighted by Gasteiger charge is -2.28. The molecule has 102 valence electrons. The van der Waals surface area contributed by atoms with Crippen molar-refractivity contribution in [2.45, 2.75) is 39.7 Å². The molecule has 0 fully saturated rings. The summed E-state index contributed by atoms with van der Waals surface area (Å²) in [4.78, 5) is 11.0. The van der Waals surface area contributed by atoms with Crippen molar-refractivity contribution in [2.24, 2.45) is 0 Å². The van der Waals surface area contributed by atoms with Crippen LogP contribution in [-0.4, -0.2) is 36.3 Å². The SMILES string of the molecule is COCCN(c1cc(N)nc(C(C)C)n1)C(C)C. The molecule has 0 aliphatic rings. The average molecular weight is 252 g/mol. The minimum absolute atomic E-state index is 0.267. The van der Waals surface area contributed by atoms with Gasteiger partial charge in [0.1, 0.15) is 17.5 Å². The van der Waals surface area contributed by atoms with Crippen LogP contribution in [0.3, 0.4) is 0 Å². The number of methoxy groups -OCH3 is 1. The topological polar surface area (TPSA) is 64.3 Å². The van der Waals surface area contributed by atoms with E-state index in [0.29, 0.717) is 18.5 Å². The molecule has 1 aromatic heterocycles. The summed E-state index contributed by atoms with van der Waals surface area (Å²) in [6, 6.07) is 2.16. The molecule has 0 amide bonds. The molecule has 0 saturated heterocycles. The number of aromatic nitrogens is 2. The van der Waals surface area contributed by atoms with E-state index in [4.69, 9.17) is 10.5 Å². The summed E-state index contributed by atoms with van der Waals surface area (Å²) >= 11 is 0. The molecule has 0 atom stereocenters. The number of ether oxygens (including phenoxy) is 1. The molecule has 0 aromatic carbocycles. The van der Waals surface area contributed by atoms with Crippen molar-refractivity contribution in [1.82, 2.24) is 9.97 Å². The Balaban J connectivity index is 3.03. The number of hydrogen-bond acceptors (Lipinski definition) is 5. The number of hydrogen-bond donors (Lipinski definition) is 1. The van der Waals surface area contributed by atoms with Crippen LogP contribution >= 0.6 is 0 Å². The van der Waals surface area contributed by atoms with Gasteiger partial charge < -0.3 is 15.4 Å². The van der Waals surface area contributed by atoms with Crippen molar-refractivity contribution in [1.29, 1.82) is 0 Å². The highest BCUT2D eigenvalue weighted by atomic mass is 16.5. The predicted octanol–water partition coefficient (Wildman–Crippen LogP) is 2.04. The van der Waals surface area contributed by atoms with E-state index < -0.39 is 0 Å². The third-order valence-corrected chi connectivity index (χ3v) is 2.72. The summed E-state index contributed by atoms with van der Waals surface area (Å²) in [6.45, 7) is 9.84. The fraction of sp³-hybridized carbons (Fsp3) is 0.692. The maximum atomic E-state index is 5.85. The zero-order valence-corrected chi connectivity index (χ0v) is 12.0. The largest absolute Gasteiger partial charge is 0.384 e. The molecule has 0 unspecified atom stereocenters. The molecule has 1 aromatic rings. The Hall–Kier alpha value is -1.36. The fourth-order valence-corrected chi connectivity index (χ4v) is 1.70. The van der Waals surface area contributed by atoms with E-state index in [1.54, 1.807) is 7.11 Å². The number of rotatable bonds is 6. The van der Waals surface area contributed by atoms with Crippen molar-refractivity contribution in [3.63, 3.8) is 0 Å². The fourth-order valence-electron chi connectivity index (χ4n) is 1.70. The van der Waals surface area contributed by atoms with Crippen LogP contribution in [0.4, 0.5) is 11.6 Å². The van der Waals surface area contributed by atoms with Gasteiger partial charge in [-0.2, -0.15) is 0 Å². The third kappa shape index (κ3) is 3.84. The first-order chi connectivity index (χ1) is 8.45. The van der Waals surface area contributed by atoms with Crippen LogP contribution in [0.5, 0.6) is 0 Å². The van der Waals surface area contributed by atoms with Crippen molar-refractivity contribution < 1.29 is 4.74 Å². The van der Waals surface area contributed by atoms with E-state index in [1.807, 2.05) is 6.07 Å². The highest BCUT2D eigenvalue weighted by molar-refractivity contribution is 5.47. The Kier molecular flexibility index (Phi) is 5.34. The van der Waals surface area contributed by atoms with Gasteiger partial charge in [0.15, 0.2) is 0 Å². The second kappa shape index (κ2) is 6.54. The van der Waals surface area contributed by atoms with E-state index in [-0.39, 0.29) is 5.92 Å². The van der Waals surface area contributed by atoms with Gasteiger partial charge in [-0.3, -0.25) is 0 Å². The van der Waals surface area contributed by atoms with Gasteiger partial charge in [-0.25, -0.2) is 9.97 Å². The van der Waals surface area contributed by atoms with Crippen molar-refractivity contribution in [2.75, 3.05) is 30.9 Å². The predicted molar refractivity (Wildman–Crippen MR) is 74.9 cm³/mol. The molecule has 0 radical (unpaired) electrons. The van der Waals surface area contributed by atoms with E-state index in [1.165, 1.54) is 0 Å². The summed E-state index contributed by atoms with van der Waals surface area (Å²) in [7, 11) is 1.70. The molecule has 0 saturated carbocycles. The van der Waals surface area contributed by atoms with Gasteiger partial charge >= 0.3 is 0 Å². The Morgan fingerprint density at radius 1 is 1.28 bits per heavy atom. The van der Waals surface area contributed by atoms with Crippen LogP contribution in [0.1, 0.15) is 39.4 Å². The number of nitrogen functional groups attached to an aromatic ring is 1. The van der Waals surface area contributed by atoms with E-state index in [2.05, 4.69) is 42.6 Å². The van der Waals surface area contributed by atoms with Gasteiger partial charge in [0.05, 0.1) is 6.61 Å². The van der Waals surface area contributed by atoms with Gasteiger partial charge in [0.25, 0.3) is 0 Å². The van der Waals surface area contributed by atoms with Gasteiger partial charge in [-0.05, 0) is 13.8 Å². The van der Waals surface area contributed by atoms with Gasteiger partial charge in [0, 0.05) is 31.7 Å². The summed E-state index contributed by atoms with van der Waals surface area (Å²) in [5.74, 6) is 2.45. The zero-order valence-electron chi connectivity index (χ0n) is 12.0. The maximum absolute atomic E-state index is 5.85. The third-order valence-electron chi connectivity index (χ3n) is 2.72. The van der Waals surface area contributed by atoms with Crippen molar-refractivity contribution in [3.05, 3.63) is 11.9 Å². The molecule has 0 bridgehead atoms. The normalized spacial score (nSPS) is 11.3. The van der Waals surface area contributed by atoms with E-state index in [9.17, 15) is 0 Å². The molecular weight excluding hydrogens is 228 g/mol. The second-order valence-corrected chi connectivity index (χ2v) is 4.94. The average Bonchev–Trinajstić information content (AvgIpc) is 2.28. The lowest BCUT2D eigenvalue weighted by molar-refractivity contribution is 0.203. The van der Waals surface area contributed by atoms with Crippen molar-refractivity contribution >= 4 is 11.6 Å². The smallest absolute Gasteiger partial charge is 0.135 e. The quantitative estimate of drug-likeness (QED) is 0.839. The minimum Gasteiger partial charge on any atom is -0.384 e. The zero-order chi connectivity index (χ0) is 13.7. The Labute approximate surface area is 109 Å². The molecule has 18 heavy (non-hydrogen) atoms. The Morgan fingerprint density at radius 3 is 2.44 bits per heavy atom. The summed E-state index contributed by atoms with van der Waals surface area (Å²) in [5, 5.41) is 0. The van der Waals surface area contributed by atoms with Crippen LogP contribution in [-0.2, 0) is 4.74 Å². The molecule has 1 heterocycles. The molecule has 2 N–H and O–H groups in total. The molecule has 1 rings (SSSR count). The monoisotopic (exact) mass is 252 g/mol. The molecule has 5 heteroatoms. The van der Waals surface area contributed by atoms with Crippen LogP contribution in [0.2, 0.25) is 0 Å². The van der Waals surface area contributed by atoms with Crippen LogP contribution in [0, 0.1) is 0 Å². The molecule has 0 aliphatic carbocycles. The Morgan fingerprint density at radius 2 is 1.94 bits per heavy atom. The number of nitrogens with zero attached hydrogens (tertiary/aromatic N) is 3. The summed E-state index contributed by atoms with van der Waals surface area (Å²) in [5.41, 5.74) is 5.85.